The van der Waals surface area contributed by atoms with E-state index in [9.17, 15) is 13.4 Å². The van der Waals surface area contributed by atoms with E-state index >= 15 is 0 Å². The fourth-order valence-electron chi connectivity index (χ4n) is 1.42. The number of hydrogen-bond acceptors (Lipinski definition) is 3. The maximum absolute atomic E-state index is 13.4. The van der Waals surface area contributed by atoms with Gasteiger partial charge in [-0.15, -0.1) is 0 Å². The van der Waals surface area contributed by atoms with Crippen LogP contribution < -0.4 is 10.6 Å². The molecule has 0 radical (unpaired) electrons. The standard InChI is InChI=1S/C14H21FN2O2S2/c1-14(2,20-3)10-17-13(18)16-8-9-21(19)12-7-5-4-6-11(12)15/h4-7H,8-10H2,1-3H3,(H2,16,17,18)/t21-/m1/s1. The van der Waals surface area contributed by atoms with E-state index in [4.69, 9.17) is 0 Å². The van der Waals surface area contributed by atoms with Gasteiger partial charge >= 0.3 is 6.03 Å². The molecule has 0 heterocycles. The molecule has 2 amide bonds. The molecule has 4 nitrogen and oxygen atoms in total. The second-order valence-corrected chi connectivity index (χ2v) is 8.11. The molecule has 118 valence electrons. The summed E-state index contributed by atoms with van der Waals surface area (Å²) in [6.07, 6.45) is 1.98. The highest BCUT2D eigenvalue weighted by atomic mass is 32.2. The molecular formula is C14H21FN2O2S2. The first-order chi connectivity index (χ1) is 9.85. The monoisotopic (exact) mass is 332 g/mol. The van der Waals surface area contributed by atoms with E-state index in [1.807, 2.05) is 20.1 Å². The molecule has 0 unspecified atom stereocenters. The summed E-state index contributed by atoms with van der Waals surface area (Å²) in [5.41, 5.74) is 0. The molecule has 1 aromatic carbocycles. The van der Waals surface area contributed by atoms with E-state index in [1.165, 1.54) is 12.1 Å². The Kier molecular flexibility index (Phi) is 7.17. The first-order valence-electron chi connectivity index (χ1n) is 6.55. The number of nitrogens with one attached hydrogen (secondary N) is 2. The molecule has 21 heavy (non-hydrogen) atoms. The predicted molar refractivity (Wildman–Crippen MR) is 86.7 cm³/mol. The van der Waals surface area contributed by atoms with E-state index in [1.54, 1.807) is 23.9 Å². The van der Waals surface area contributed by atoms with Gasteiger partial charge in [0.1, 0.15) is 5.82 Å². The molecule has 0 saturated heterocycles. The van der Waals surface area contributed by atoms with Crippen LogP contribution in [0.3, 0.4) is 0 Å². The van der Waals surface area contributed by atoms with Crippen LogP contribution in [0.5, 0.6) is 0 Å². The van der Waals surface area contributed by atoms with Crippen LogP contribution in [0, 0.1) is 5.82 Å². The summed E-state index contributed by atoms with van der Waals surface area (Å²) in [5.74, 6) is -0.303. The van der Waals surface area contributed by atoms with Crippen molar-refractivity contribution >= 4 is 28.6 Å². The number of urea groups is 1. The van der Waals surface area contributed by atoms with Gasteiger partial charge < -0.3 is 10.6 Å². The third-order valence-corrected chi connectivity index (χ3v) is 5.53. The van der Waals surface area contributed by atoms with Gasteiger partial charge in [-0.2, -0.15) is 11.8 Å². The van der Waals surface area contributed by atoms with Crippen molar-refractivity contribution in [2.45, 2.75) is 23.5 Å². The number of rotatable bonds is 7. The third-order valence-electron chi connectivity index (χ3n) is 2.88. The fraction of sp³-hybridized carbons (Fsp3) is 0.500. The van der Waals surface area contributed by atoms with Gasteiger partial charge in [-0.1, -0.05) is 12.1 Å². The van der Waals surface area contributed by atoms with Crippen molar-refractivity contribution in [1.29, 1.82) is 0 Å². The topological polar surface area (TPSA) is 58.2 Å². The molecule has 1 atom stereocenters. The lowest BCUT2D eigenvalue weighted by Crippen LogP contribution is -2.43. The summed E-state index contributed by atoms with van der Waals surface area (Å²) in [6.45, 7) is 4.83. The van der Waals surface area contributed by atoms with Crippen LogP contribution in [0.1, 0.15) is 13.8 Å². The molecule has 2 N–H and O–H groups in total. The lowest BCUT2D eigenvalue weighted by atomic mass is 10.2. The predicted octanol–water partition coefficient (Wildman–Crippen LogP) is 2.37. The average molecular weight is 332 g/mol. The van der Waals surface area contributed by atoms with Crippen LogP contribution >= 0.6 is 11.8 Å². The minimum atomic E-state index is -1.46. The molecule has 0 fully saturated rings. The Hall–Kier alpha value is -1.08. The largest absolute Gasteiger partial charge is 0.337 e. The smallest absolute Gasteiger partial charge is 0.314 e. The summed E-state index contributed by atoms with van der Waals surface area (Å²) < 4.78 is 25.3. The first-order valence-corrected chi connectivity index (χ1v) is 9.10. The van der Waals surface area contributed by atoms with Gasteiger partial charge in [0, 0.05) is 23.6 Å². The Labute approximate surface area is 131 Å². The van der Waals surface area contributed by atoms with Gasteiger partial charge in [-0.05, 0) is 32.2 Å². The number of carbonyl (C=O) groups is 1. The average Bonchev–Trinajstić information content (AvgIpc) is 2.45. The lowest BCUT2D eigenvalue weighted by Gasteiger charge is -2.22. The Morgan fingerprint density at radius 3 is 2.62 bits per heavy atom. The third kappa shape index (κ3) is 6.48. The van der Waals surface area contributed by atoms with E-state index in [2.05, 4.69) is 10.6 Å². The van der Waals surface area contributed by atoms with Gasteiger partial charge in [0.25, 0.3) is 0 Å². The van der Waals surface area contributed by atoms with Crippen LogP contribution in [0.4, 0.5) is 9.18 Å². The molecule has 0 spiro atoms. The van der Waals surface area contributed by atoms with Crippen LogP contribution in [0.25, 0.3) is 0 Å². The second-order valence-electron chi connectivity index (χ2n) is 5.05. The summed E-state index contributed by atoms with van der Waals surface area (Å²) in [7, 11) is -1.46. The quantitative estimate of drug-likeness (QED) is 0.806. The highest BCUT2D eigenvalue weighted by molar-refractivity contribution is 7.99. The van der Waals surface area contributed by atoms with Crippen molar-refractivity contribution in [3.63, 3.8) is 0 Å². The van der Waals surface area contributed by atoms with Gasteiger partial charge in [-0.3, -0.25) is 4.21 Å². The normalized spacial score (nSPS) is 12.8. The summed E-state index contributed by atoms with van der Waals surface area (Å²) in [5, 5.41) is 5.38. The zero-order valence-electron chi connectivity index (χ0n) is 12.4. The molecule has 1 rings (SSSR count). The van der Waals surface area contributed by atoms with Gasteiger partial charge in [0.15, 0.2) is 0 Å². The Morgan fingerprint density at radius 2 is 2.00 bits per heavy atom. The highest BCUT2D eigenvalue weighted by Gasteiger charge is 2.16. The van der Waals surface area contributed by atoms with Crippen molar-refractivity contribution in [2.24, 2.45) is 0 Å². The van der Waals surface area contributed by atoms with Crippen LogP contribution in [-0.2, 0) is 10.8 Å². The number of carbonyl (C=O) groups excluding carboxylic acids is 1. The molecule has 0 aliphatic carbocycles. The van der Waals surface area contributed by atoms with E-state index in [-0.39, 0.29) is 28.0 Å². The summed E-state index contributed by atoms with van der Waals surface area (Å²) in [4.78, 5) is 11.8. The maximum Gasteiger partial charge on any atom is 0.314 e. The number of halogens is 1. The zero-order valence-corrected chi connectivity index (χ0v) is 14.1. The molecule has 0 saturated carbocycles. The number of thioether (sulfide) groups is 1. The number of benzene rings is 1. The van der Waals surface area contributed by atoms with Crippen LogP contribution in [0.2, 0.25) is 0 Å². The number of hydrogen-bond donors (Lipinski definition) is 2. The molecule has 0 aliphatic heterocycles. The van der Waals surface area contributed by atoms with Crippen molar-refractivity contribution in [3.05, 3.63) is 30.1 Å². The minimum absolute atomic E-state index is 0.0344. The molecule has 0 aliphatic rings. The van der Waals surface area contributed by atoms with E-state index in [0.717, 1.165) is 0 Å². The minimum Gasteiger partial charge on any atom is -0.337 e. The number of amides is 2. The Bertz CT molecular complexity index is 510. The highest BCUT2D eigenvalue weighted by Crippen LogP contribution is 2.19. The van der Waals surface area contributed by atoms with Crippen molar-refractivity contribution in [2.75, 3.05) is 25.1 Å². The molecule has 0 aromatic heterocycles. The van der Waals surface area contributed by atoms with Gasteiger partial charge in [-0.25, -0.2) is 9.18 Å². The Balaban J connectivity index is 2.32. The van der Waals surface area contributed by atoms with Crippen molar-refractivity contribution < 1.29 is 13.4 Å². The Morgan fingerprint density at radius 1 is 1.33 bits per heavy atom. The van der Waals surface area contributed by atoms with Gasteiger partial charge in [0.2, 0.25) is 0 Å². The van der Waals surface area contributed by atoms with E-state index in [0.29, 0.717) is 6.54 Å². The summed E-state index contributed by atoms with van der Waals surface area (Å²) in [6, 6.07) is 5.66. The summed E-state index contributed by atoms with van der Waals surface area (Å²) >= 11 is 1.66. The lowest BCUT2D eigenvalue weighted by molar-refractivity contribution is 0.240. The first kappa shape index (κ1) is 18.0. The van der Waals surface area contributed by atoms with Gasteiger partial charge in [0.05, 0.1) is 15.7 Å². The second kappa shape index (κ2) is 8.38. The maximum atomic E-state index is 13.4. The van der Waals surface area contributed by atoms with E-state index < -0.39 is 16.6 Å². The molecular weight excluding hydrogens is 311 g/mol. The van der Waals surface area contributed by atoms with Crippen molar-refractivity contribution in [3.8, 4) is 0 Å². The molecule has 0 bridgehead atoms. The molecule has 7 heteroatoms. The van der Waals surface area contributed by atoms with Crippen LogP contribution in [-0.4, -0.2) is 40.1 Å². The zero-order chi connectivity index (χ0) is 15.9. The van der Waals surface area contributed by atoms with Crippen LogP contribution in [0.15, 0.2) is 29.2 Å². The SMILES string of the molecule is CSC(C)(C)CNC(=O)NCC[S@@](=O)c1ccccc1F. The molecule has 1 aromatic rings. The fourth-order valence-corrected chi connectivity index (χ4v) is 2.66. The van der Waals surface area contributed by atoms with Crippen molar-refractivity contribution in [1.82, 2.24) is 10.6 Å².